The number of hydrogen-bond donors (Lipinski definition) is 2. The zero-order valence-electron chi connectivity index (χ0n) is 10.2. The predicted molar refractivity (Wildman–Crippen MR) is 68.4 cm³/mol. The SMILES string of the molecule is Cc1ccc(C(Cc2ccoc2)NN)c(C)c1. The molecule has 1 heterocycles. The highest BCUT2D eigenvalue weighted by Gasteiger charge is 2.13. The third-order valence-electron chi connectivity index (χ3n) is 3.02. The summed E-state index contributed by atoms with van der Waals surface area (Å²) in [6, 6.07) is 8.51. The molecule has 1 aromatic heterocycles. The summed E-state index contributed by atoms with van der Waals surface area (Å²) in [6.07, 6.45) is 4.27. The van der Waals surface area contributed by atoms with E-state index in [9.17, 15) is 0 Å². The summed E-state index contributed by atoms with van der Waals surface area (Å²) in [7, 11) is 0. The third kappa shape index (κ3) is 2.75. The number of aryl methyl sites for hydroxylation is 2. The smallest absolute Gasteiger partial charge is 0.0935 e. The fourth-order valence-electron chi connectivity index (χ4n) is 2.12. The molecule has 0 fully saturated rings. The molecule has 1 unspecified atom stereocenters. The van der Waals surface area contributed by atoms with Crippen LogP contribution in [0.1, 0.15) is 28.3 Å². The molecular formula is C14H18N2O. The summed E-state index contributed by atoms with van der Waals surface area (Å²) >= 11 is 0. The van der Waals surface area contributed by atoms with Gasteiger partial charge in [0.15, 0.2) is 0 Å². The Morgan fingerprint density at radius 3 is 2.71 bits per heavy atom. The molecule has 0 bridgehead atoms. The van der Waals surface area contributed by atoms with Crippen molar-refractivity contribution in [1.29, 1.82) is 0 Å². The lowest BCUT2D eigenvalue weighted by atomic mass is 9.95. The molecule has 0 saturated carbocycles. The Balaban J connectivity index is 2.23. The fourth-order valence-corrected chi connectivity index (χ4v) is 2.12. The van der Waals surface area contributed by atoms with Gasteiger partial charge in [0.2, 0.25) is 0 Å². The van der Waals surface area contributed by atoms with Crippen LogP contribution in [0.2, 0.25) is 0 Å². The number of hydrazine groups is 1. The molecule has 3 nitrogen and oxygen atoms in total. The average molecular weight is 230 g/mol. The van der Waals surface area contributed by atoms with Gasteiger partial charge in [-0.1, -0.05) is 23.8 Å². The van der Waals surface area contributed by atoms with Crippen molar-refractivity contribution >= 4 is 0 Å². The van der Waals surface area contributed by atoms with Gasteiger partial charge in [-0.3, -0.25) is 11.3 Å². The maximum atomic E-state index is 5.65. The lowest BCUT2D eigenvalue weighted by molar-refractivity contribution is 0.534. The van der Waals surface area contributed by atoms with Crippen molar-refractivity contribution in [1.82, 2.24) is 5.43 Å². The van der Waals surface area contributed by atoms with Gasteiger partial charge in [0.05, 0.1) is 18.6 Å². The number of furan rings is 1. The Hall–Kier alpha value is -1.58. The van der Waals surface area contributed by atoms with E-state index < -0.39 is 0 Å². The third-order valence-corrected chi connectivity index (χ3v) is 3.02. The molecule has 2 aromatic rings. The Kier molecular flexibility index (Phi) is 3.61. The van der Waals surface area contributed by atoms with E-state index in [0.717, 1.165) is 12.0 Å². The van der Waals surface area contributed by atoms with Crippen LogP contribution in [0.4, 0.5) is 0 Å². The van der Waals surface area contributed by atoms with Crippen molar-refractivity contribution in [2.45, 2.75) is 26.3 Å². The van der Waals surface area contributed by atoms with Gasteiger partial charge >= 0.3 is 0 Å². The number of nitrogens with two attached hydrogens (primary N) is 1. The number of rotatable bonds is 4. The van der Waals surface area contributed by atoms with Crippen LogP contribution < -0.4 is 11.3 Å². The maximum absolute atomic E-state index is 5.65. The molecule has 3 N–H and O–H groups in total. The second kappa shape index (κ2) is 5.17. The standard InChI is InChI=1S/C14H18N2O/c1-10-3-4-13(11(2)7-10)14(16-15)8-12-5-6-17-9-12/h3-7,9,14,16H,8,15H2,1-2H3. The molecule has 0 radical (unpaired) electrons. The van der Waals surface area contributed by atoms with Crippen molar-refractivity contribution in [2.24, 2.45) is 5.84 Å². The van der Waals surface area contributed by atoms with Gasteiger partial charge in [0.25, 0.3) is 0 Å². The van der Waals surface area contributed by atoms with E-state index in [2.05, 4.69) is 37.5 Å². The van der Waals surface area contributed by atoms with E-state index >= 15 is 0 Å². The normalized spacial score (nSPS) is 12.6. The van der Waals surface area contributed by atoms with Crippen molar-refractivity contribution in [3.05, 3.63) is 59.0 Å². The van der Waals surface area contributed by atoms with Gasteiger partial charge < -0.3 is 4.42 Å². The first-order valence-electron chi connectivity index (χ1n) is 5.75. The van der Waals surface area contributed by atoms with E-state index in [1.165, 1.54) is 16.7 Å². The Morgan fingerprint density at radius 1 is 1.29 bits per heavy atom. The summed E-state index contributed by atoms with van der Waals surface area (Å²) in [4.78, 5) is 0. The first-order chi connectivity index (χ1) is 8.20. The Morgan fingerprint density at radius 2 is 2.12 bits per heavy atom. The van der Waals surface area contributed by atoms with Crippen LogP contribution in [0, 0.1) is 13.8 Å². The largest absolute Gasteiger partial charge is 0.472 e. The number of hydrogen-bond acceptors (Lipinski definition) is 3. The van der Waals surface area contributed by atoms with Crippen molar-refractivity contribution in [2.75, 3.05) is 0 Å². The highest BCUT2D eigenvalue weighted by Crippen LogP contribution is 2.22. The van der Waals surface area contributed by atoms with E-state index in [1.54, 1.807) is 12.5 Å². The van der Waals surface area contributed by atoms with E-state index in [1.807, 2.05) is 6.07 Å². The molecule has 0 aliphatic carbocycles. The summed E-state index contributed by atoms with van der Waals surface area (Å²) in [5.74, 6) is 5.65. The molecule has 17 heavy (non-hydrogen) atoms. The van der Waals surface area contributed by atoms with Crippen LogP contribution in [0.5, 0.6) is 0 Å². The molecule has 1 aromatic carbocycles. The minimum Gasteiger partial charge on any atom is -0.472 e. The fraction of sp³-hybridized carbons (Fsp3) is 0.286. The average Bonchev–Trinajstić information content (AvgIpc) is 2.79. The molecule has 3 heteroatoms. The molecule has 2 rings (SSSR count). The van der Waals surface area contributed by atoms with E-state index in [0.29, 0.717) is 0 Å². The number of nitrogens with one attached hydrogen (secondary N) is 1. The highest BCUT2D eigenvalue weighted by atomic mass is 16.3. The van der Waals surface area contributed by atoms with E-state index in [4.69, 9.17) is 10.3 Å². The molecule has 0 saturated heterocycles. The Labute approximate surface area is 102 Å². The van der Waals surface area contributed by atoms with Crippen molar-refractivity contribution in [3.8, 4) is 0 Å². The van der Waals surface area contributed by atoms with Gasteiger partial charge in [0.1, 0.15) is 0 Å². The van der Waals surface area contributed by atoms with Gasteiger partial charge in [-0.2, -0.15) is 0 Å². The lowest BCUT2D eigenvalue weighted by Crippen LogP contribution is -2.30. The van der Waals surface area contributed by atoms with Crippen LogP contribution >= 0.6 is 0 Å². The highest BCUT2D eigenvalue weighted by molar-refractivity contribution is 5.33. The summed E-state index contributed by atoms with van der Waals surface area (Å²) in [6.45, 7) is 4.21. The topological polar surface area (TPSA) is 51.2 Å². The molecule has 90 valence electrons. The zero-order chi connectivity index (χ0) is 12.3. The number of benzene rings is 1. The second-order valence-electron chi connectivity index (χ2n) is 4.42. The van der Waals surface area contributed by atoms with E-state index in [-0.39, 0.29) is 6.04 Å². The molecule has 0 aliphatic heterocycles. The molecule has 0 spiro atoms. The van der Waals surface area contributed by atoms with Crippen LogP contribution in [0.25, 0.3) is 0 Å². The second-order valence-corrected chi connectivity index (χ2v) is 4.42. The summed E-state index contributed by atoms with van der Waals surface area (Å²) < 4.78 is 5.08. The van der Waals surface area contributed by atoms with Crippen molar-refractivity contribution < 1.29 is 4.42 Å². The Bertz CT molecular complexity index is 477. The first kappa shape index (κ1) is 11.9. The summed E-state index contributed by atoms with van der Waals surface area (Å²) in [5, 5.41) is 0. The van der Waals surface area contributed by atoms with Gasteiger partial charge in [0, 0.05) is 0 Å². The monoisotopic (exact) mass is 230 g/mol. The maximum Gasteiger partial charge on any atom is 0.0935 e. The zero-order valence-corrected chi connectivity index (χ0v) is 10.2. The molecular weight excluding hydrogens is 212 g/mol. The summed E-state index contributed by atoms with van der Waals surface area (Å²) in [5.41, 5.74) is 7.79. The van der Waals surface area contributed by atoms with Gasteiger partial charge in [-0.05, 0) is 43.0 Å². The first-order valence-corrected chi connectivity index (χ1v) is 5.75. The minimum absolute atomic E-state index is 0.119. The van der Waals surface area contributed by atoms with Gasteiger partial charge in [-0.15, -0.1) is 0 Å². The van der Waals surface area contributed by atoms with Crippen LogP contribution in [0.15, 0.2) is 41.2 Å². The molecule has 0 aliphatic rings. The quantitative estimate of drug-likeness (QED) is 0.627. The molecule has 1 atom stereocenters. The molecule has 0 amide bonds. The van der Waals surface area contributed by atoms with Crippen LogP contribution in [0.3, 0.4) is 0 Å². The predicted octanol–water partition coefficient (Wildman–Crippen LogP) is 2.64. The lowest BCUT2D eigenvalue weighted by Gasteiger charge is -2.18. The minimum atomic E-state index is 0.119. The van der Waals surface area contributed by atoms with Crippen molar-refractivity contribution in [3.63, 3.8) is 0 Å². The van der Waals surface area contributed by atoms with Crippen LogP contribution in [-0.2, 0) is 6.42 Å². The van der Waals surface area contributed by atoms with Gasteiger partial charge in [-0.25, -0.2) is 0 Å². The van der Waals surface area contributed by atoms with Crippen LogP contribution in [-0.4, -0.2) is 0 Å².